The van der Waals surface area contributed by atoms with Gasteiger partial charge in [-0.3, -0.25) is 0 Å². The molecule has 0 aromatic heterocycles. The fourth-order valence-corrected chi connectivity index (χ4v) is 25.5. The third kappa shape index (κ3) is 7.40. The average Bonchev–Trinajstić information content (AvgIpc) is 2.79. The highest BCUT2D eigenvalue weighted by molar-refractivity contribution is 6.78. The molecule has 40 heavy (non-hydrogen) atoms. The largest absolute Gasteiger partial charge is 0.493 e. The minimum atomic E-state index is -2.22. The van der Waals surface area contributed by atoms with E-state index in [-0.39, 0.29) is 18.3 Å². The van der Waals surface area contributed by atoms with Crippen LogP contribution in [0.3, 0.4) is 0 Å². The first-order valence-electron chi connectivity index (χ1n) is 16.6. The van der Waals surface area contributed by atoms with Crippen LogP contribution in [0.1, 0.15) is 125 Å². The van der Waals surface area contributed by atoms with Gasteiger partial charge < -0.3 is 18.0 Å². The summed E-state index contributed by atoms with van der Waals surface area (Å²) in [6.07, 6.45) is 3.57. The first-order chi connectivity index (χ1) is 18.3. The van der Waals surface area contributed by atoms with Crippen molar-refractivity contribution in [1.82, 2.24) is 0 Å². The fraction of sp³-hybridized carbons (Fsp3) is 0.939. The van der Waals surface area contributed by atoms with E-state index in [9.17, 15) is 0 Å². The van der Waals surface area contributed by atoms with Crippen LogP contribution < -0.4 is 0 Å². The van der Waals surface area contributed by atoms with Crippen molar-refractivity contribution in [2.24, 2.45) is 0 Å². The summed E-state index contributed by atoms with van der Waals surface area (Å²) in [7, 11) is -6.45. The standard InChI is InChI=1S/C33H70O4Si3/c1-22(2)38(23(3)4,24(5)6)35-21-32-33(37-40(28(13)14,29(15)16)30(17)18)31(19-20-34-32)36-39(25(7)8,26(9)10)27(11)12/h19-20,22-33H,21H2,1-18H3/t31-,32-,33-/m1/s1. The van der Waals surface area contributed by atoms with E-state index in [2.05, 4.69) is 131 Å². The molecule has 0 aromatic rings. The van der Waals surface area contributed by atoms with Crippen LogP contribution in [0.5, 0.6) is 0 Å². The lowest BCUT2D eigenvalue weighted by Gasteiger charge is -2.51. The maximum absolute atomic E-state index is 7.62. The van der Waals surface area contributed by atoms with Crippen molar-refractivity contribution >= 4 is 25.0 Å². The molecule has 1 rings (SSSR count). The zero-order valence-corrected chi connectivity index (χ0v) is 32.9. The third-order valence-electron chi connectivity index (χ3n) is 10.5. The van der Waals surface area contributed by atoms with Crippen molar-refractivity contribution < 1.29 is 18.0 Å². The summed E-state index contributed by atoms with van der Waals surface area (Å²) in [5.41, 5.74) is 4.54. The van der Waals surface area contributed by atoms with Crippen LogP contribution in [-0.4, -0.2) is 49.9 Å². The normalized spacial score (nSPS) is 21.5. The van der Waals surface area contributed by atoms with Crippen LogP contribution in [0.15, 0.2) is 12.3 Å². The first kappa shape index (κ1) is 38.1. The molecule has 0 fully saturated rings. The maximum atomic E-state index is 7.62. The van der Waals surface area contributed by atoms with Crippen molar-refractivity contribution in [3.63, 3.8) is 0 Å². The van der Waals surface area contributed by atoms with E-state index in [4.69, 9.17) is 18.0 Å². The van der Waals surface area contributed by atoms with Gasteiger partial charge in [-0.2, -0.15) is 0 Å². The van der Waals surface area contributed by atoms with Gasteiger partial charge in [-0.15, -0.1) is 0 Å². The Morgan fingerprint density at radius 1 is 0.500 bits per heavy atom. The Kier molecular flexibility index (Phi) is 14.5. The molecule has 0 aromatic carbocycles. The first-order valence-corrected chi connectivity index (χ1v) is 23.0. The van der Waals surface area contributed by atoms with Gasteiger partial charge in [0, 0.05) is 0 Å². The van der Waals surface area contributed by atoms with Crippen LogP contribution in [0, 0.1) is 0 Å². The predicted octanol–water partition coefficient (Wildman–Crippen LogP) is 11.2. The minimum Gasteiger partial charge on any atom is -0.493 e. The Labute approximate surface area is 254 Å². The highest BCUT2D eigenvalue weighted by Gasteiger charge is 2.54. The van der Waals surface area contributed by atoms with Crippen LogP contribution in [-0.2, 0) is 18.0 Å². The fourth-order valence-electron chi connectivity index (χ4n) is 9.02. The lowest BCUT2D eigenvalue weighted by molar-refractivity contribution is -0.0707. The molecule has 0 bridgehead atoms. The molecule has 3 atom stereocenters. The molecule has 0 saturated heterocycles. The Balaban J connectivity index is 3.72. The van der Waals surface area contributed by atoms with Crippen molar-refractivity contribution in [3.8, 4) is 0 Å². The van der Waals surface area contributed by atoms with Gasteiger partial charge in [-0.25, -0.2) is 0 Å². The molecule has 7 heteroatoms. The Bertz CT molecular complexity index is 708. The SMILES string of the molecule is CC(C)[Si](OC[C@H]1OC=C[C@@H](O[Si](C(C)C)(C(C)C)C(C)C)[C@H]1O[Si](C(C)C)(C(C)C)C(C)C)(C(C)C)C(C)C. The second-order valence-corrected chi connectivity index (χ2v) is 31.7. The molecule has 1 aliphatic rings. The van der Waals surface area contributed by atoms with Gasteiger partial charge in [0.25, 0.3) is 0 Å². The van der Waals surface area contributed by atoms with Crippen LogP contribution in [0.4, 0.5) is 0 Å². The summed E-state index contributed by atoms with van der Waals surface area (Å²) in [4.78, 5) is 0. The number of ether oxygens (including phenoxy) is 1. The summed E-state index contributed by atoms with van der Waals surface area (Å²) in [5, 5.41) is 0. The molecule has 0 saturated carbocycles. The van der Waals surface area contributed by atoms with Gasteiger partial charge in [0.2, 0.25) is 25.0 Å². The van der Waals surface area contributed by atoms with Crippen LogP contribution >= 0.6 is 0 Å². The molecule has 238 valence electrons. The maximum Gasteiger partial charge on any atom is 0.201 e. The molecule has 0 amide bonds. The number of hydrogen-bond donors (Lipinski definition) is 0. The summed E-state index contributed by atoms with van der Waals surface area (Å²) >= 11 is 0. The van der Waals surface area contributed by atoms with Crippen LogP contribution in [0.25, 0.3) is 0 Å². The van der Waals surface area contributed by atoms with E-state index in [1.807, 2.05) is 6.26 Å². The smallest absolute Gasteiger partial charge is 0.201 e. The van der Waals surface area contributed by atoms with Crippen molar-refractivity contribution in [2.75, 3.05) is 6.61 Å². The van der Waals surface area contributed by atoms with Gasteiger partial charge >= 0.3 is 0 Å². The predicted molar refractivity (Wildman–Crippen MR) is 183 cm³/mol. The summed E-state index contributed by atoms with van der Waals surface area (Å²) < 4.78 is 28.8. The lowest BCUT2D eigenvalue weighted by atomic mass is 10.1. The molecule has 0 radical (unpaired) electrons. The van der Waals surface area contributed by atoms with E-state index in [0.29, 0.717) is 56.5 Å². The van der Waals surface area contributed by atoms with Gasteiger partial charge in [-0.05, 0) is 55.9 Å². The lowest BCUT2D eigenvalue weighted by Crippen LogP contribution is -2.61. The van der Waals surface area contributed by atoms with E-state index in [1.54, 1.807) is 0 Å². The van der Waals surface area contributed by atoms with Gasteiger partial charge in [0.15, 0.2) is 0 Å². The molecule has 4 nitrogen and oxygen atoms in total. The second-order valence-electron chi connectivity index (χ2n) is 15.4. The molecule has 0 N–H and O–H groups in total. The van der Waals surface area contributed by atoms with E-state index < -0.39 is 25.0 Å². The van der Waals surface area contributed by atoms with E-state index in [1.165, 1.54) is 0 Å². The molecule has 1 heterocycles. The van der Waals surface area contributed by atoms with Gasteiger partial charge in [0.05, 0.1) is 19.0 Å². The molecule has 0 spiro atoms. The second kappa shape index (κ2) is 15.2. The van der Waals surface area contributed by atoms with Gasteiger partial charge in [0.1, 0.15) is 12.2 Å². The van der Waals surface area contributed by atoms with Crippen molar-refractivity contribution in [3.05, 3.63) is 12.3 Å². The topological polar surface area (TPSA) is 36.9 Å². The third-order valence-corrected chi connectivity index (χ3v) is 28.8. The molecular weight excluding hydrogens is 545 g/mol. The highest BCUT2D eigenvalue weighted by Crippen LogP contribution is 2.48. The van der Waals surface area contributed by atoms with Crippen molar-refractivity contribution in [1.29, 1.82) is 0 Å². The Morgan fingerprint density at radius 2 is 0.825 bits per heavy atom. The minimum absolute atomic E-state index is 0.127. The zero-order valence-electron chi connectivity index (χ0n) is 29.9. The summed E-state index contributed by atoms with van der Waals surface area (Å²) in [5.74, 6) is 0. The van der Waals surface area contributed by atoms with Crippen LogP contribution in [0.2, 0.25) is 49.9 Å². The zero-order chi connectivity index (χ0) is 31.4. The monoisotopic (exact) mass is 614 g/mol. The van der Waals surface area contributed by atoms with Crippen molar-refractivity contribution in [2.45, 2.75) is 193 Å². The number of hydrogen-bond acceptors (Lipinski definition) is 4. The van der Waals surface area contributed by atoms with Gasteiger partial charge in [-0.1, -0.05) is 125 Å². The average molecular weight is 615 g/mol. The highest BCUT2D eigenvalue weighted by atomic mass is 28.4. The summed E-state index contributed by atoms with van der Waals surface area (Å²) in [6, 6.07) is 0. The summed E-state index contributed by atoms with van der Waals surface area (Å²) in [6.45, 7) is 43.2. The Hall–Kier alpha value is 0.0706. The molecule has 0 aliphatic carbocycles. The quantitative estimate of drug-likeness (QED) is 0.162. The molecule has 1 aliphatic heterocycles. The van der Waals surface area contributed by atoms with E-state index in [0.717, 1.165) is 0 Å². The number of rotatable bonds is 16. The van der Waals surface area contributed by atoms with E-state index >= 15 is 0 Å². The Morgan fingerprint density at radius 3 is 1.15 bits per heavy atom. The molecular formula is C33H70O4Si3. The molecule has 0 unspecified atom stereocenters.